The van der Waals surface area contributed by atoms with Gasteiger partial charge in [0.15, 0.2) is 11.5 Å². The second-order valence-corrected chi connectivity index (χ2v) is 2.98. The molecule has 0 saturated heterocycles. The maximum absolute atomic E-state index is 10.1. The van der Waals surface area contributed by atoms with Gasteiger partial charge in [-0.3, -0.25) is 4.79 Å². The minimum atomic E-state index is 0.514. The lowest BCUT2D eigenvalue weighted by molar-refractivity contribution is -0.109. The Morgan fingerprint density at radius 3 is 2.86 bits per heavy atom. The van der Waals surface area contributed by atoms with Crippen LogP contribution in [-0.2, 0) is 11.3 Å². The Morgan fingerprint density at radius 2 is 2.07 bits per heavy atom. The molecule has 0 radical (unpaired) electrons. The van der Waals surface area contributed by atoms with Crippen LogP contribution in [0.1, 0.15) is 5.56 Å². The zero-order valence-corrected chi connectivity index (χ0v) is 7.66. The van der Waals surface area contributed by atoms with Crippen LogP contribution in [0, 0.1) is 0 Å². The topological polar surface area (TPSA) is 47.6 Å². The van der Waals surface area contributed by atoms with Crippen molar-refractivity contribution in [3.05, 3.63) is 23.8 Å². The van der Waals surface area contributed by atoms with E-state index in [0.717, 1.165) is 17.1 Å². The van der Waals surface area contributed by atoms with Crippen LogP contribution in [0.15, 0.2) is 18.2 Å². The number of amides is 1. The number of nitrogens with one attached hydrogen (secondary N) is 1. The Kier molecular flexibility index (Phi) is 2.53. The summed E-state index contributed by atoms with van der Waals surface area (Å²) < 4.78 is 10.8. The van der Waals surface area contributed by atoms with Crippen molar-refractivity contribution in [3.63, 3.8) is 0 Å². The highest BCUT2D eigenvalue weighted by molar-refractivity contribution is 5.48. The van der Waals surface area contributed by atoms with Gasteiger partial charge in [0.25, 0.3) is 0 Å². The molecule has 0 atom stereocenters. The SMILES string of the molecule is O=CNCc1ccc2c(c1)OCCO2. The van der Waals surface area contributed by atoms with E-state index in [-0.39, 0.29) is 0 Å². The van der Waals surface area contributed by atoms with Crippen molar-refractivity contribution in [3.8, 4) is 11.5 Å². The highest BCUT2D eigenvalue weighted by Crippen LogP contribution is 2.30. The van der Waals surface area contributed by atoms with Crippen molar-refractivity contribution in [2.24, 2.45) is 0 Å². The third-order valence-electron chi connectivity index (χ3n) is 2.00. The molecule has 1 aromatic carbocycles. The van der Waals surface area contributed by atoms with Gasteiger partial charge in [-0.15, -0.1) is 0 Å². The number of rotatable bonds is 3. The number of hydrogen-bond acceptors (Lipinski definition) is 3. The standard InChI is InChI=1S/C10H11NO3/c12-7-11-6-8-1-2-9-10(5-8)14-4-3-13-9/h1-2,5,7H,3-4,6H2,(H,11,12). The average molecular weight is 193 g/mol. The average Bonchev–Trinajstić information content (AvgIpc) is 2.26. The molecular formula is C10H11NO3. The fourth-order valence-electron chi connectivity index (χ4n) is 1.36. The summed E-state index contributed by atoms with van der Waals surface area (Å²) in [5.41, 5.74) is 1.00. The molecule has 1 amide bonds. The van der Waals surface area contributed by atoms with Gasteiger partial charge in [0.2, 0.25) is 6.41 Å². The summed E-state index contributed by atoms with van der Waals surface area (Å²) >= 11 is 0. The van der Waals surface area contributed by atoms with Crippen molar-refractivity contribution in [1.82, 2.24) is 5.32 Å². The zero-order chi connectivity index (χ0) is 9.80. The molecule has 4 heteroatoms. The van der Waals surface area contributed by atoms with Gasteiger partial charge in [0, 0.05) is 6.54 Å². The van der Waals surface area contributed by atoms with Gasteiger partial charge in [-0.05, 0) is 17.7 Å². The van der Waals surface area contributed by atoms with Crippen LogP contribution in [0.3, 0.4) is 0 Å². The molecule has 1 aromatic rings. The van der Waals surface area contributed by atoms with Gasteiger partial charge in [-0.25, -0.2) is 0 Å². The van der Waals surface area contributed by atoms with E-state index in [1.165, 1.54) is 0 Å². The monoisotopic (exact) mass is 193 g/mol. The van der Waals surface area contributed by atoms with E-state index in [1.807, 2.05) is 18.2 Å². The molecule has 14 heavy (non-hydrogen) atoms. The minimum Gasteiger partial charge on any atom is -0.486 e. The molecule has 0 aliphatic carbocycles. The van der Waals surface area contributed by atoms with Crippen molar-refractivity contribution >= 4 is 6.41 Å². The summed E-state index contributed by atoms with van der Waals surface area (Å²) in [4.78, 5) is 10.1. The molecular weight excluding hydrogens is 182 g/mol. The van der Waals surface area contributed by atoms with Gasteiger partial charge < -0.3 is 14.8 Å². The Balaban J connectivity index is 2.16. The lowest BCUT2D eigenvalue weighted by Crippen LogP contribution is -2.16. The number of hydrogen-bond donors (Lipinski definition) is 1. The summed E-state index contributed by atoms with van der Waals surface area (Å²) in [7, 11) is 0. The van der Waals surface area contributed by atoms with Crippen LogP contribution in [-0.4, -0.2) is 19.6 Å². The van der Waals surface area contributed by atoms with Gasteiger partial charge >= 0.3 is 0 Å². The maximum atomic E-state index is 10.1. The first-order valence-corrected chi connectivity index (χ1v) is 4.46. The van der Waals surface area contributed by atoms with Crippen LogP contribution >= 0.6 is 0 Å². The maximum Gasteiger partial charge on any atom is 0.207 e. The van der Waals surface area contributed by atoms with E-state index in [0.29, 0.717) is 26.2 Å². The predicted octanol–water partition coefficient (Wildman–Crippen LogP) is 0.704. The second-order valence-electron chi connectivity index (χ2n) is 2.98. The van der Waals surface area contributed by atoms with Gasteiger partial charge in [-0.2, -0.15) is 0 Å². The fourth-order valence-corrected chi connectivity index (χ4v) is 1.36. The normalized spacial score (nSPS) is 13.4. The number of ether oxygens (including phenoxy) is 2. The summed E-state index contributed by atoms with van der Waals surface area (Å²) in [5.74, 6) is 1.52. The molecule has 1 aliphatic heterocycles. The molecule has 0 bridgehead atoms. The van der Waals surface area contributed by atoms with Crippen molar-refractivity contribution in [1.29, 1.82) is 0 Å². The molecule has 0 saturated carbocycles. The van der Waals surface area contributed by atoms with E-state index < -0.39 is 0 Å². The molecule has 74 valence electrons. The first-order chi connectivity index (χ1) is 6.90. The lowest BCUT2D eigenvalue weighted by atomic mass is 10.2. The Morgan fingerprint density at radius 1 is 1.29 bits per heavy atom. The number of fused-ring (bicyclic) bond motifs is 1. The fraction of sp³-hybridized carbons (Fsp3) is 0.300. The third-order valence-corrected chi connectivity index (χ3v) is 2.00. The first-order valence-electron chi connectivity index (χ1n) is 4.46. The molecule has 1 heterocycles. The first kappa shape index (κ1) is 8.87. The molecule has 0 unspecified atom stereocenters. The predicted molar refractivity (Wildman–Crippen MR) is 50.3 cm³/mol. The lowest BCUT2D eigenvalue weighted by Gasteiger charge is -2.18. The second kappa shape index (κ2) is 4.00. The van der Waals surface area contributed by atoms with E-state index >= 15 is 0 Å². The molecule has 1 N–H and O–H groups in total. The highest BCUT2D eigenvalue weighted by Gasteiger charge is 2.10. The van der Waals surface area contributed by atoms with Crippen LogP contribution in [0.4, 0.5) is 0 Å². The largest absolute Gasteiger partial charge is 0.486 e. The summed E-state index contributed by atoms with van der Waals surface area (Å²) in [6, 6.07) is 5.64. The molecule has 0 spiro atoms. The number of carbonyl (C=O) groups is 1. The van der Waals surface area contributed by atoms with Crippen LogP contribution in [0.2, 0.25) is 0 Å². The van der Waals surface area contributed by atoms with Crippen LogP contribution < -0.4 is 14.8 Å². The third kappa shape index (κ3) is 1.79. The number of carbonyl (C=O) groups excluding carboxylic acids is 1. The van der Waals surface area contributed by atoms with Crippen molar-refractivity contribution in [2.45, 2.75) is 6.54 Å². The Bertz CT molecular complexity index is 338. The quantitative estimate of drug-likeness (QED) is 0.719. The molecule has 1 aliphatic rings. The summed E-state index contributed by atoms with van der Waals surface area (Å²) in [6.45, 7) is 1.69. The molecule has 0 fully saturated rings. The van der Waals surface area contributed by atoms with E-state index in [1.54, 1.807) is 0 Å². The smallest absolute Gasteiger partial charge is 0.207 e. The van der Waals surface area contributed by atoms with Gasteiger partial charge in [0.1, 0.15) is 13.2 Å². The Labute approximate surface area is 81.8 Å². The van der Waals surface area contributed by atoms with Gasteiger partial charge in [0.05, 0.1) is 0 Å². The zero-order valence-electron chi connectivity index (χ0n) is 7.66. The van der Waals surface area contributed by atoms with Crippen LogP contribution in [0.5, 0.6) is 11.5 Å². The molecule has 0 aromatic heterocycles. The minimum absolute atomic E-state index is 0.514. The summed E-state index contributed by atoms with van der Waals surface area (Å²) in [6.07, 6.45) is 0.677. The summed E-state index contributed by atoms with van der Waals surface area (Å²) in [5, 5.41) is 2.59. The van der Waals surface area contributed by atoms with E-state index in [4.69, 9.17) is 9.47 Å². The molecule has 2 rings (SSSR count). The van der Waals surface area contributed by atoms with E-state index in [9.17, 15) is 4.79 Å². The van der Waals surface area contributed by atoms with Crippen molar-refractivity contribution in [2.75, 3.05) is 13.2 Å². The molecule has 4 nitrogen and oxygen atoms in total. The van der Waals surface area contributed by atoms with E-state index in [2.05, 4.69) is 5.32 Å². The highest BCUT2D eigenvalue weighted by atomic mass is 16.6. The van der Waals surface area contributed by atoms with Crippen molar-refractivity contribution < 1.29 is 14.3 Å². The van der Waals surface area contributed by atoms with Crippen LogP contribution in [0.25, 0.3) is 0 Å². The number of benzene rings is 1. The Hall–Kier alpha value is -1.71. The van der Waals surface area contributed by atoms with Gasteiger partial charge in [-0.1, -0.05) is 6.07 Å².